The van der Waals surface area contributed by atoms with Gasteiger partial charge in [0.2, 0.25) is 0 Å². The number of anilines is 1. The molecule has 0 heterocycles. The van der Waals surface area contributed by atoms with E-state index in [9.17, 15) is 8.76 Å². The molecule has 0 bridgehead atoms. The van der Waals surface area contributed by atoms with E-state index < -0.39 is 11.4 Å². The first-order chi connectivity index (χ1) is 5.18. The molecule has 11 heavy (non-hydrogen) atoms. The number of nitrogen functional groups attached to an aromatic ring is 1. The maximum atomic E-state index is 10.0. The van der Waals surface area contributed by atoms with Crippen molar-refractivity contribution in [2.24, 2.45) is 0 Å². The van der Waals surface area contributed by atoms with Gasteiger partial charge in [0.25, 0.3) is 0 Å². The highest BCUT2D eigenvalue weighted by molar-refractivity contribution is 7.74. The minimum absolute atomic E-state index is 0.257. The third-order valence-electron chi connectivity index (χ3n) is 1.04. The molecule has 0 aromatic heterocycles. The molecule has 1 unspecified atom stereocenters. The van der Waals surface area contributed by atoms with E-state index in [4.69, 9.17) is 5.73 Å². The van der Waals surface area contributed by atoms with Crippen molar-refractivity contribution < 1.29 is 12.9 Å². The molecule has 1 rings (SSSR count). The number of hydrogen-bond donors (Lipinski definition) is 1. The summed E-state index contributed by atoms with van der Waals surface area (Å²) in [5.74, 6) is 0.257. The van der Waals surface area contributed by atoms with Crippen molar-refractivity contribution in [3.8, 4) is 5.75 Å². The number of nitrogens with two attached hydrogens (primary N) is 1. The van der Waals surface area contributed by atoms with Crippen molar-refractivity contribution >= 4 is 17.0 Å². The molecular weight excluding hydrogens is 166 g/mol. The van der Waals surface area contributed by atoms with Gasteiger partial charge in [-0.25, -0.2) is 4.21 Å². The molecule has 0 spiro atoms. The first-order valence-corrected chi connectivity index (χ1v) is 3.81. The first-order valence-electron chi connectivity index (χ1n) is 2.81. The molecule has 0 aliphatic heterocycles. The molecule has 0 fully saturated rings. The molecule has 1 aromatic rings. The van der Waals surface area contributed by atoms with Gasteiger partial charge in [-0.3, -0.25) is 0 Å². The summed E-state index contributed by atoms with van der Waals surface area (Å²) in [6.45, 7) is 0. The third-order valence-corrected chi connectivity index (χ3v) is 1.37. The summed E-state index contributed by atoms with van der Waals surface area (Å²) < 4.78 is 24.3. The molecule has 1 aromatic carbocycles. The second kappa shape index (κ2) is 3.36. The topological polar surface area (TPSA) is 75.4 Å². The minimum atomic E-state index is -2.51. The molecule has 0 aliphatic rings. The van der Waals surface area contributed by atoms with E-state index in [-0.39, 0.29) is 5.75 Å². The number of rotatable bonds is 2. The van der Waals surface area contributed by atoms with Crippen molar-refractivity contribution in [2.45, 2.75) is 0 Å². The fourth-order valence-corrected chi connectivity index (χ4v) is 0.870. The minimum Gasteiger partial charge on any atom is -0.740 e. The van der Waals surface area contributed by atoms with Crippen LogP contribution in [0.5, 0.6) is 5.75 Å². The Hall–Kier alpha value is -1.07. The van der Waals surface area contributed by atoms with Gasteiger partial charge in [0.05, 0.1) is 0 Å². The molecule has 2 N–H and O–H groups in total. The maximum absolute atomic E-state index is 10.0. The fraction of sp³-hybridized carbons (Fsp3) is 0. The lowest BCUT2D eigenvalue weighted by Gasteiger charge is -2.06. The molecule has 0 saturated heterocycles. The van der Waals surface area contributed by atoms with Gasteiger partial charge in [0.1, 0.15) is 17.1 Å². The lowest BCUT2D eigenvalue weighted by Crippen LogP contribution is -1.97. The molecule has 0 radical (unpaired) electrons. The zero-order chi connectivity index (χ0) is 8.27. The van der Waals surface area contributed by atoms with Crippen LogP contribution >= 0.6 is 0 Å². The SMILES string of the molecule is Nc1ccc(OS(=O)[O-])cc1. The Morgan fingerprint density at radius 3 is 2.36 bits per heavy atom. The molecule has 0 aliphatic carbocycles. The van der Waals surface area contributed by atoms with Crippen LogP contribution in [-0.4, -0.2) is 8.76 Å². The Morgan fingerprint density at radius 2 is 1.91 bits per heavy atom. The largest absolute Gasteiger partial charge is 0.740 e. The predicted octanol–water partition coefficient (Wildman–Crippen LogP) is 0.442. The summed E-state index contributed by atoms with van der Waals surface area (Å²) >= 11 is -2.51. The number of benzene rings is 1. The van der Waals surface area contributed by atoms with Crippen LogP contribution in [0.25, 0.3) is 0 Å². The summed E-state index contributed by atoms with van der Waals surface area (Å²) in [6, 6.07) is 6.07. The van der Waals surface area contributed by atoms with Crippen LogP contribution in [-0.2, 0) is 11.4 Å². The lowest BCUT2D eigenvalue weighted by molar-refractivity contribution is 0.440. The van der Waals surface area contributed by atoms with Crippen LogP contribution in [0.4, 0.5) is 5.69 Å². The summed E-state index contributed by atoms with van der Waals surface area (Å²) in [6.07, 6.45) is 0. The monoisotopic (exact) mass is 172 g/mol. The van der Waals surface area contributed by atoms with Crippen LogP contribution in [0, 0.1) is 0 Å². The normalized spacial score (nSPS) is 12.5. The van der Waals surface area contributed by atoms with Crippen LogP contribution in [0.15, 0.2) is 24.3 Å². The van der Waals surface area contributed by atoms with Crippen LogP contribution in [0.3, 0.4) is 0 Å². The summed E-state index contributed by atoms with van der Waals surface area (Å²) in [5.41, 5.74) is 5.91. The highest BCUT2D eigenvalue weighted by Crippen LogP contribution is 2.13. The van der Waals surface area contributed by atoms with Crippen molar-refractivity contribution in [3.63, 3.8) is 0 Å². The van der Waals surface area contributed by atoms with Gasteiger partial charge in [0, 0.05) is 5.69 Å². The van der Waals surface area contributed by atoms with Crippen LogP contribution in [0.2, 0.25) is 0 Å². The van der Waals surface area contributed by atoms with E-state index in [1.54, 1.807) is 12.1 Å². The van der Waals surface area contributed by atoms with Gasteiger partial charge in [-0.2, -0.15) is 0 Å². The van der Waals surface area contributed by atoms with E-state index >= 15 is 0 Å². The Labute approximate surface area is 66.5 Å². The van der Waals surface area contributed by atoms with Gasteiger partial charge < -0.3 is 14.5 Å². The van der Waals surface area contributed by atoms with Crippen molar-refractivity contribution in [2.75, 3.05) is 5.73 Å². The second-order valence-corrected chi connectivity index (χ2v) is 2.43. The zero-order valence-corrected chi connectivity index (χ0v) is 6.34. The molecule has 4 nitrogen and oxygen atoms in total. The molecule has 0 amide bonds. The van der Waals surface area contributed by atoms with Crippen molar-refractivity contribution in [1.29, 1.82) is 0 Å². The zero-order valence-electron chi connectivity index (χ0n) is 5.52. The summed E-state index contributed by atoms with van der Waals surface area (Å²) in [4.78, 5) is 0. The van der Waals surface area contributed by atoms with E-state index in [0.29, 0.717) is 5.69 Å². The Balaban J connectivity index is 2.74. The predicted molar refractivity (Wildman–Crippen MR) is 40.4 cm³/mol. The fourth-order valence-electron chi connectivity index (χ4n) is 0.602. The molecule has 1 atom stereocenters. The van der Waals surface area contributed by atoms with Crippen molar-refractivity contribution in [1.82, 2.24) is 0 Å². The van der Waals surface area contributed by atoms with Gasteiger partial charge in [-0.15, -0.1) is 0 Å². The van der Waals surface area contributed by atoms with E-state index in [0.717, 1.165) is 0 Å². The molecule has 5 heteroatoms. The van der Waals surface area contributed by atoms with Gasteiger partial charge >= 0.3 is 0 Å². The average Bonchev–Trinajstić information content (AvgIpc) is 1.93. The van der Waals surface area contributed by atoms with Crippen LogP contribution in [0.1, 0.15) is 0 Å². The Bertz CT molecular complexity index is 259. The van der Waals surface area contributed by atoms with Crippen LogP contribution < -0.4 is 9.92 Å². The summed E-state index contributed by atoms with van der Waals surface area (Å²) in [5, 5.41) is 0. The summed E-state index contributed by atoms with van der Waals surface area (Å²) in [7, 11) is 0. The standard InChI is InChI=1S/C6H7NO3S/c7-5-1-3-6(4-2-5)10-11(8)9/h1-4H,7H2,(H,8,9)/p-1. The highest BCUT2D eigenvalue weighted by atomic mass is 32.2. The van der Waals surface area contributed by atoms with E-state index in [1.807, 2.05) is 0 Å². The first kappa shape index (κ1) is 8.03. The lowest BCUT2D eigenvalue weighted by atomic mass is 10.3. The smallest absolute Gasteiger partial charge is 0.139 e. The molecule has 60 valence electrons. The highest BCUT2D eigenvalue weighted by Gasteiger charge is 1.91. The quantitative estimate of drug-likeness (QED) is 0.518. The Kier molecular flexibility index (Phi) is 2.45. The average molecular weight is 172 g/mol. The second-order valence-electron chi connectivity index (χ2n) is 1.86. The van der Waals surface area contributed by atoms with E-state index in [2.05, 4.69) is 4.18 Å². The van der Waals surface area contributed by atoms with Gasteiger partial charge in [-0.05, 0) is 24.3 Å². The van der Waals surface area contributed by atoms with E-state index in [1.165, 1.54) is 12.1 Å². The van der Waals surface area contributed by atoms with Gasteiger partial charge in [-0.1, -0.05) is 0 Å². The third kappa shape index (κ3) is 2.57. The van der Waals surface area contributed by atoms with Crippen molar-refractivity contribution in [3.05, 3.63) is 24.3 Å². The maximum Gasteiger partial charge on any atom is 0.139 e. The number of hydrogen-bond acceptors (Lipinski definition) is 4. The molecular formula is C6H6NO3S-. The molecule has 0 saturated carbocycles. The van der Waals surface area contributed by atoms with Gasteiger partial charge in [0.15, 0.2) is 0 Å². The Morgan fingerprint density at radius 1 is 1.36 bits per heavy atom.